The van der Waals surface area contributed by atoms with Crippen molar-refractivity contribution in [3.05, 3.63) is 77.8 Å². The number of carbonyl (C=O) groups excluding carboxylic acids is 1. The molecule has 144 valence electrons. The quantitative estimate of drug-likeness (QED) is 0.626. The van der Waals surface area contributed by atoms with E-state index in [4.69, 9.17) is 0 Å². The van der Waals surface area contributed by atoms with Crippen molar-refractivity contribution in [2.24, 2.45) is 0 Å². The van der Waals surface area contributed by atoms with E-state index in [1.54, 1.807) is 0 Å². The van der Waals surface area contributed by atoms with Gasteiger partial charge in [0, 0.05) is 6.07 Å². The number of anilines is 3. The number of para-hydroxylation sites is 2. The minimum absolute atomic E-state index is 0.117. The number of hydrogen-bond donors (Lipinski definition) is 2. The number of alkyl halides is 3. The molecule has 3 aromatic rings. The van der Waals surface area contributed by atoms with Crippen LogP contribution in [-0.4, -0.2) is 15.9 Å². The lowest BCUT2D eigenvalue weighted by atomic mass is 10.1. The molecule has 2 aromatic carbocycles. The predicted molar refractivity (Wildman–Crippen MR) is 91.1 cm³/mol. The van der Waals surface area contributed by atoms with Gasteiger partial charge in [0.05, 0.1) is 11.3 Å². The molecule has 10 heteroatoms. The maximum atomic E-state index is 13.7. The van der Waals surface area contributed by atoms with Crippen LogP contribution in [0.15, 0.2) is 54.9 Å². The minimum atomic E-state index is -4.66. The first-order chi connectivity index (χ1) is 13.3. The maximum Gasteiger partial charge on any atom is 0.418 e. The van der Waals surface area contributed by atoms with E-state index in [0.717, 1.165) is 36.7 Å². The van der Waals surface area contributed by atoms with Gasteiger partial charge in [-0.25, -0.2) is 18.7 Å². The summed E-state index contributed by atoms with van der Waals surface area (Å²) in [5.41, 5.74) is -2.27. The third kappa shape index (κ3) is 4.22. The monoisotopic (exact) mass is 394 g/mol. The third-order valence-corrected chi connectivity index (χ3v) is 3.60. The average molecular weight is 394 g/mol. The van der Waals surface area contributed by atoms with Gasteiger partial charge in [0.2, 0.25) is 0 Å². The van der Waals surface area contributed by atoms with E-state index in [2.05, 4.69) is 20.6 Å². The van der Waals surface area contributed by atoms with Gasteiger partial charge in [0.25, 0.3) is 5.91 Å². The molecule has 28 heavy (non-hydrogen) atoms. The Labute approximate surface area is 155 Å². The topological polar surface area (TPSA) is 66.9 Å². The van der Waals surface area contributed by atoms with Crippen LogP contribution in [0.1, 0.15) is 16.1 Å². The first kappa shape index (κ1) is 19.2. The van der Waals surface area contributed by atoms with E-state index in [0.29, 0.717) is 0 Å². The Hall–Kier alpha value is -3.56. The van der Waals surface area contributed by atoms with Gasteiger partial charge in [0.1, 0.15) is 35.2 Å². The Morgan fingerprint density at radius 1 is 0.929 bits per heavy atom. The zero-order valence-electron chi connectivity index (χ0n) is 13.9. The fourth-order valence-corrected chi connectivity index (χ4v) is 2.32. The SMILES string of the molecule is O=C(Nc1ccccc1C(F)(F)F)c1cc(Nc2c(F)cccc2F)ncn1. The van der Waals surface area contributed by atoms with E-state index < -0.39 is 40.7 Å². The first-order valence-electron chi connectivity index (χ1n) is 7.76. The summed E-state index contributed by atoms with van der Waals surface area (Å²) in [4.78, 5) is 19.7. The molecule has 1 aromatic heterocycles. The van der Waals surface area contributed by atoms with E-state index in [-0.39, 0.29) is 11.5 Å². The zero-order chi connectivity index (χ0) is 20.3. The zero-order valence-corrected chi connectivity index (χ0v) is 13.9. The van der Waals surface area contributed by atoms with Gasteiger partial charge in [0.15, 0.2) is 0 Å². The lowest BCUT2D eigenvalue weighted by molar-refractivity contribution is -0.136. The smallest absolute Gasteiger partial charge is 0.335 e. The van der Waals surface area contributed by atoms with Crippen molar-refractivity contribution in [1.29, 1.82) is 0 Å². The number of hydrogen-bond acceptors (Lipinski definition) is 4. The summed E-state index contributed by atoms with van der Waals surface area (Å²) < 4.78 is 66.5. The van der Waals surface area contributed by atoms with Crippen molar-refractivity contribution in [3.63, 3.8) is 0 Å². The van der Waals surface area contributed by atoms with Crippen LogP contribution in [0.3, 0.4) is 0 Å². The molecule has 0 aliphatic carbocycles. The highest BCUT2D eigenvalue weighted by atomic mass is 19.4. The number of halogens is 5. The standard InChI is InChI=1S/C18H11F5N4O/c19-11-5-3-6-12(20)16(11)27-15-8-14(24-9-25-15)17(28)26-13-7-2-1-4-10(13)18(21,22)23/h1-9H,(H,26,28)(H,24,25,27). The van der Waals surface area contributed by atoms with Crippen LogP contribution >= 0.6 is 0 Å². The molecule has 0 aliphatic heterocycles. The summed E-state index contributed by atoms with van der Waals surface area (Å²) in [7, 11) is 0. The van der Waals surface area contributed by atoms with Gasteiger partial charge in [-0.1, -0.05) is 18.2 Å². The van der Waals surface area contributed by atoms with Crippen LogP contribution in [0.25, 0.3) is 0 Å². The van der Waals surface area contributed by atoms with Crippen molar-refractivity contribution in [3.8, 4) is 0 Å². The highest BCUT2D eigenvalue weighted by Crippen LogP contribution is 2.34. The number of nitrogens with one attached hydrogen (secondary N) is 2. The molecule has 0 fully saturated rings. The average Bonchev–Trinajstić information content (AvgIpc) is 2.65. The lowest BCUT2D eigenvalue weighted by Crippen LogP contribution is -2.18. The van der Waals surface area contributed by atoms with Crippen LogP contribution in [0.4, 0.5) is 39.1 Å². The largest absolute Gasteiger partial charge is 0.418 e. The normalized spacial score (nSPS) is 11.2. The van der Waals surface area contributed by atoms with Gasteiger partial charge in [-0.05, 0) is 24.3 Å². The Kier molecular flexibility index (Phi) is 5.21. The number of rotatable bonds is 4. The maximum absolute atomic E-state index is 13.7. The van der Waals surface area contributed by atoms with Crippen molar-refractivity contribution in [1.82, 2.24) is 9.97 Å². The molecule has 2 N–H and O–H groups in total. The third-order valence-electron chi connectivity index (χ3n) is 3.60. The molecule has 0 aliphatic rings. The van der Waals surface area contributed by atoms with Crippen LogP contribution in [-0.2, 0) is 6.18 Å². The number of aromatic nitrogens is 2. The number of carbonyl (C=O) groups is 1. The molecule has 5 nitrogen and oxygen atoms in total. The van der Waals surface area contributed by atoms with Gasteiger partial charge in [-0.2, -0.15) is 13.2 Å². The lowest BCUT2D eigenvalue weighted by Gasteiger charge is -2.13. The molecule has 0 saturated heterocycles. The Bertz CT molecular complexity index is 1000. The summed E-state index contributed by atoms with van der Waals surface area (Å²) in [5, 5.41) is 4.50. The van der Waals surface area contributed by atoms with E-state index in [1.807, 2.05) is 0 Å². The Morgan fingerprint density at radius 2 is 1.61 bits per heavy atom. The van der Waals surface area contributed by atoms with Crippen molar-refractivity contribution >= 4 is 23.1 Å². The summed E-state index contributed by atoms with van der Waals surface area (Å²) in [6, 6.07) is 8.71. The van der Waals surface area contributed by atoms with Crippen LogP contribution in [0, 0.1) is 11.6 Å². The second-order valence-corrected chi connectivity index (χ2v) is 5.51. The van der Waals surface area contributed by atoms with Gasteiger partial charge in [-0.15, -0.1) is 0 Å². The second kappa shape index (κ2) is 7.59. The van der Waals surface area contributed by atoms with Gasteiger partial charge in [-0.3, -0.25) is 4.79 Å². The predicted octanol–water partition coefficient (Wildman–Crippen LogP) is 4.77. The van der Waals surface area contributed by atoms with Crippen LogP contribution < -0.4 is 10.6 Å². The first-order valence-corrected chi connectivity index (χ1v) is 7.76. The molecule has 3 rings (SSSR count). The highest BCUT2D eigenvalue weighted by Gasteiger charge is 2.33. The molecule has 0 unspecified atom stereocenters. The number of nitrogens with zero attached hydrogens (tertiary/aromatic N) is 2. The molecule has 0 saturated carbocycles. The number of benzene rings is 2. The Morgan fingerprint density at radius 3 is 2.29 bits per heavy atom. The summed E-state index contributed by atoms with van der Waals surface area (Å²) >= 11 is 0. The molecular formula is C18H11F5N4O. The van der Waals surface area contributed by atoms with E-state index in [9.17, 15) is 26.7 Å². The van der Waals surface area contributed by atoms with E-state index >= 15 is 0 Å². The molecule has 1 heterocycles. The molecule has 1 amide bonds. The highest BCUT2D eigenvalue weighted by molar-refractivity contribution is 6.03. The second-order valence-electron chi connectivity index (χ2n) is 5.51. The molecule has 0 atom stereocenters. The molecule has 0 bridgehead atoms. The molecular weight excluding hydrogens is 383 g/mol. The van der Waals surface area contributed by atoms with Gasteiger partial charge < -0.3 is 10.6 Å². The van der Waals surface area contributed by atoms with Crippen molar-refractivity contribution < 1.29 is 26.7 Å². The molecule has 0 radical (unpaired) electrons. The van der Waals surface area contributed by atoms with Crippen molar-refractivity contribution in [2.45, 2.75) is 6.18 Å². The van der Waals surface area contributed by atoms with Crippen LogP contribution in [0.2, 0.25) is 0 Å². The summed E-state index contributed by atoms with van der Waals surface area (Å²) in [5.74, 6) is -2.84. The number of amides is 1. The fourth-order valence-electron chi connectivity index (χ4n) is 2.32. The summed E-state index contributed by atoms with van der Waals surface area (Å²) in [6.45, 7) is 0. The fraction of sp³-hybridized carbons (Fsp3) is 0.0556. The van der Waals surface area contributed by atoms with Gasteiger partial charge >= 0.3 is 6.18 Å². The van der Waals surface area contributed by atoms with E-state index in [1.165, 1.54) is 18.2 Å². The van der Waals surface area contributed by atoms with Crippen LogP contribution in [0.5, 0.6) is 0 Å². The summed E-state index contributed by atoms with van der Waals surface area (Å²) in [6.07, 6.45) is -3.73. The van der Waals surface area contributed by atoms with Crippen molar-refractivity contribution in [2.75, 3.05) is 10.6 Å². The molecule has 0 spiro atoms. The minimum Gasteiger partial charge on any atom is -0.335 e. The Balaban J connectivity index is 1.84.